The van der Waals surface area contributed by atoms with E-state index in [0.29, 0.717) is 0 Å². The summed E-state index contributed by atoms with van der Waals surface area (Å²) >= 11 is 0. The van der Waals surface area contributed by atoms with Gasteiger partial charge in [0.2, 0.25) is 5.91 Å². The number of benzene rings is 2. The summed E-state index contributed by atoms with van der Waals surface area (Å²) in [7, 11) is 1.43. The van der Waals surface area contributed by atoms with Gasteiger partial charge in [-0.2, -0.15) is 0 Å². The molecule has 0 radical (unpaired) electrons. The number of hydrogen-bond donors (Lipinski definition) is 0. The zero-order valence-electron chi connectivity index (χ0n) is 16.9. The lowest BCUT2D eigenvalue weighted by Gasteiger charge is -2.45. The number of piperazine rings is 1. The van der Waals surface area contributed by atoms with E-state index in [4.69, 9.17) is 0 Å². The number of carbonyl (C=O) groups is 3. The average molecular weight is 407 g/mol. The molecule has 1 aliphatic heterocycles. The first-order valence-electron chi connectivity index (χ1n) is 9.29. The zero-order chi connectivity index (χ0) is 22.1. The lowest BCUT2D eigenvalue weighted by Crippen LogP contribution is -2.67. The summed E-state index contributed by atoms with van der Waals surface area (Å²) in [5.41, 5.74) is -0.757. The molecule has 0 saturated carbocycles. The quantitative estimate of drug-likeness (QED) is 0.441. The minimum absolute atomic E-state index is 0.102. The monoisotopic (exact) mass is 407 g/mol. The fourth-order valence-electron chi connectivity index (χ4n) is 3.77. The second-order valence-electron chi connectivity index (χ2n) is 7.31. The van der Waals surface area contributed by atoms with Gasteiger partial charge in [0, 0.05) is 26.5 Å². The highest BCUT2D eigenvalue weighted by Crippen LogP contribution is 2.33. The lowest BCUT2D eigenvalue weighted by atomic mass is 9.86. The largest absolute Gasteiger partial charge is 0.309 e. The molecule has 3 rings (SSSR count). The molecule has 154 valence electrons. The van der Waals surface area contributed by atoms with Crippen molar-refractivity contribution in [2.45, 2.75) is 25.8 Å². The fraction of sp³-hybridized carbons (Fsp3) is 0.227. The summed E-state index contributed by atoms with van der Waals surface area (Å²) in [6.45, 7) is 2.78. The van der Waals surface area contributed by atoms with E-state index in [0.717, 1.165) is 10.5 Å². The Morgan fingerprint density at radius 1 is 1.10 bits per heavy atom. The molecule has 0 bridgehead atoms. The SMILES string of the molecule is CC(=O)N1C(=O)/C(=C/c2ccccc2[N+](=O)[O-])N(C)C(=O)C1(C)Cc1ccccc1. The van der Waals surface area contributed by atoms with Gasteiger partial charge in [-0.05, 0) is 24.6 Å². The highest BCUT2D eigenvalue weighted by molar-refractivity contribution is 6.15. The Hall–Kier alpha value is -3.81. The van der Waals surface area contributed by atoms with Crippen molar-refractivity contribution in [1.82, 2.24) is 9.80 Å². The van der Waals surface area contributed by atoms with E-state index >= 15 is 0 Å². The smallest absolute Gasteiger partial charge is 0.278 e. The molecule has 1 fully saturated rings. The molecule has 2 aromatic rings. The van der Waals surface area contributed by atoms with E-state index in [1.165, 1.54) is 43.1 Å². The molecule has 2 aromatic carbocycles. The van der Waals surface area contributed by atoms with Gasteiger partial charge in [-0.15, -0.1) is 0 Å². The first-order chi connectivity index (χ1) is 14.2. The maximum absolute atomic E-state index is 13.3. The van der Waals surface area contributed by atoms with Gasteiger partial charge in [0.15, 0.2) is 0 Å². The molecule has 8 nitrogen and oxygen atoms in total. The van der Waals surface area contributed by atoms with Crippen LogP contribution in [0.4, 0.5) is 5.69 Å². The number of nitro groups is 1. The average Bonchev–Trinajstić information content (AvgIpc) is 2.70. The van der Waals surface area contributed by atoms with Crippen molar-refractivity contribution in [2.24, 2.45) is 0 Å². The Bertz CT molecular complexity index is 1060. The highest BCUT2D eigenvalue weighted by Gasteiger charge is 2.52. The van der Waals surface area contributed by atoms with Gasteiger partial charge in [0.1, 0.15) is 11.2 Å². The maximum Gasteiger partial charge on any atom is 0.278 e. The van der Waals surface area contributed by atoms with Gasteiger partial charge >= 0.3 is 0 Å². The molecule has 1 unspecified atom stereocenters. The van der Waals surface area contributed by atoms with E-state index in [1.54, 1.807) is 13.0 Å². The zero-order valence-corrected chi connectivity index (χ0v) is 16.9. The van der Waals surface area contributed by atoms with Crippen LogP contribution < -0.4 is 0 Å². The molecular formula is C22H21N3O5. The summed E-state index contributed by atoms with van der Waals surface area (Å²) in [6, 6.07) is 15.0. The number of imide groups is 1. The van der Waals surface area contributed by atoms with Crippen LogP contribution in [0, 0.1) is 10.1 Å². The van der Waals surface area contributed by atoms with Crippen molar-refractivity contribution in [2.75, 3.05) is 7.05 Å². The molecule has 0 aromatic heterocycles. The number of rotatable bonds is 4. The number of nitrogens with zero attached hydrogens (tertiary/aromatic N) is 3. The van der Waals surface area contributed by atoms with Gasteiger partial charge < -0.3 is 4.90 Å². The maximum atomic E-state index is 13.3. The van der Waals surface area contributed by atoms with Gasteiger partial charge in [-0.3, -0.25) is 29.4 Å². The molecule has 0 N–H and O–H groups in total. The Kier molecular flexibility index (Phi) is 5.51. The molecule has 1 atom stereocenters. The third-order valence-electron chi connectivity index (χ3n) is 5.17. The van der Waals surface area contributed by atoms with Crippen LogP contribution in [0.15, 0.2) is 60.3 Å². The number of amides is 3. The number of hydrogen-bond acceptors (Lipinski definition) is 5. The topological polar surface area (TPSA) is 101 Å². The number of nitro benzene ring substituents is 1. The summed E-state index contributed by atoms with van der Waals surface area (Å²) in [5.74, 6) is -1.71. The van der Waals surface area contributed by atoms with Crippen molar-refractivity contribution in [3.05, 3.63) is 81.5 Å². The third-order valence-corrected chi connectivity index (χ3v) is 5.17. The van der Waals surface area contributed by atoms with Crippen molar-refractivity contribution < 1.29 is 19.3 Å². The molecule has 0 aliphatic carbocycles. The Labute approximate surface area is 173 Å². The Balaban J connectivity index is 2.10. The van der Waals surface area contributed by atoms with Crippen molar-refractivity contribution in [3.63, 3.8) is 0 Å². The molecule has 0 spiro atoms. The van der Waals surface area contributed by atoms with Crippen LogP contribution in [-0.4, -0.2) is 45.0 Å². The van der Waals surface area contributed by atoms with Gasteiger partial charge in [0.25, 0.3) is 17.5 Å². The summed E-state index contributed by atoms with van der Waals surface area (Å²) in [6.07, 6.45) is 1.43. The summed E-state index contributed by atoms with van der Waals surface area (Å²) < 4.78 is 0. The molecule has 8 heteroatoms. The fourth-order valence-corrected chi connectivity index (χ4v) is 3.77. The van der Waals surface area contributed by atoms with Gasteiger partial charge in [-0.25, -0.2) is 0 Å². The van der Waals surface area contributed by atoms with Crippen molar-refractivity contribution in [1.29, 1.82) is 0 Å². The normalized spacial score (nSPS) is 20.6. The predicted octanol–water partition coefficient (Wildman–Crippen LogP) is 2.78. The lowest BCUT2D eigenvalue weighted by molar-refractivity contribution is -0.385. The highest BCUT2D eigenvalue weighted by atomic mass is 16.6. The Morgan fingerprint density at radius 3 is 2.30 bits per heavy atom. The Morgan fingerprint density at radius 2 is 1.70 bits per heavy atom. The van der Waals surface area contributed by atoms with Crippen LogP contribution in [0.2, 0.25) is 0 Å². The minimum Gasteiger partial charge on any atom is -0.309 e. The van der Waals surface area contributed by atoms with Crippen molar-refractivity contribution >= 4 is 29.5 Å². The molecule has 3 amide bonds. The first-order valence-corrected chi connectivity index (χ1v) is 9.29. The van der Waals surface area contributed by atoms with Crippen LogP contribution in [-0.2, 0) is 20.8 Å². The van der Waals surface area contributed by atoms with Gasteiger partial charge in [0.05, 0.1) is 10.5 Å². The van der Waals surface area contributed by atoms with Crippen LogP contribution in [0.5, 0.6) is 0 Å². The second-order valence-corrected chi connectivity index (χ2v) is 7.31. The number of likely N-dealkylation sites (N-methyl/N-ethyl adjacent to an activating group) is 1. The van der Waals surface area contributed by atoms with Crippen LogP contribution in [0.3, 0.4) is 0 Å². The summed E-state index contributed by atoms with van der Waals surface area (Å²) in [5, 5.41) is 11.3. The van der Waals surface area contributed by atoms with E-state index in [1.807, 2.05) is 30.3 Å². The van der Waals surface area contributed by atoms with Crippen LogP contribution in [0.1, 0.15) is 25.0 Å². The molecule has 1 aliphatic rings. The van der Waals surface area contributed by atoms with E-state index < -0.39 is 28.2 Å². The molecular weight excluding hydrogens is 386 g/mol. The van der Waals surface area contributed by atoms with E-state index in [-0.39, 0.29) is 23.4 Å². The first kappa shape index (κ1) is 20.9. The predicted molar refractivity (Wildman–Crippen MR) is 110 cm³/mol. The van der Waals surface area contributed by atoms with E-state index in [2.05, 4.69) is 0 Å². The van der Waals surface area contributed by atoms with Gasteiger partial charge in [-0.1, -0.05) is 42.5 Å². The molecule has 1 heterocycles. The van der Waals surface area contributed by atoms with Crippen molar-refractivity contribution in [3.8, 4) is 0 Å². The number of para-hydroxylation sites is 1. The van der Waals surface area contributed by atoms with E-state index in [9.17, 15) is 24.5 Å². The second kappa shape index (κ2) is 7.90. The third kappa shape index (κ3) is 3.59. The standard InChI is InChI=1S/C22H21N3O5/c1-15(26)24-20(27)19(13-17-11-7-8-12-18(17)25(29)30)23(3)21(28)22(24,2)14-16-9-5-4-6-10-16/h4-13H,14H2,1-3H3/b19-13-. The minimum atomic E-state index is -1.42. The van der Waals surface area contributed by atoms with Crippen LogP contribution in [0.25, 0.3) is 6.08 Å². The molecule has 1 saturated heterocycles. The van der Waals surface area contributed by atoms with Crippen LogP contribution >= 0.6 is 0 Å². The molecule has 30 heavy (non-hydrogen) atoms. The summed E-state index contributed by atoms with van der Waals surface area (Å²) in [4.78, 5) is 51.9. The number of carbonyl (C=O) groups excluding carboxylic acids is 3.